The summed E-state index contributed by atoms with van der Waals surface area (Å²) in [6.07, 6.45) is 1.89. The summed E-state index contributed by atoms with van der Waals surface area (Å²) in [6, 6.07) is 7.86. The number of halogens is 2. The molecule has 7 heteroatoms. The van der Waals surface area contributed by atoms with Crippen LogP contribution < -0.4 is 5.32 Å². The van der Waals surface area contributed by atoms with E-state index in [1.807, 2.05) is 12.1 Å². The van der Waals surface area contributed by atoms with Gasteiger partial charge in [-0.1, -0.05) is 30.7 Å². The smallest absolute Gasteiger partial charge is 0.193 e. The summed E-state index contributed by atoms with van der Waals surface area (Å²) in [5, 5.41) is 14.4. The van der Waals surface area contributed by atoms with E-state index in [0.717, 1.165) is 31.2 Å². The fourth-order valence-corrected chi connectivity index (χ4v) is 3.48. The van der Waals surface area contributed by atoms with Gasteiger partial charge in [-0.15, -0.1) is 24.0 Å². The average molecular weight is 495 g/mol. The molecule has 1 heterocycles. The SMILES string of the molecule is CCNC(=NCC(O)c1ccc(Cl)cc1)N(C)CC1CCCN1CC.I. The number of benzene rings is 1. The lowest BCUT2D eigenvalue weighted by Gasteiger charge is -2.30. The Balaban J connectivity index is 0.00000338. The molecule has 1 saturated heterocycles. The fraction of sp³-hybridized carbons (Fsp3) is 0.632. The van der Waals surface area contributed by atoms with E-state index in [2.05, 4.69) is 41.0 Å². The Labute approximate surface area is 179 Å². The minimum atomic E-state index is -0.627. The van der Waals surface area contributed by atoms with Crippen LogP contribution in [0.3, 0.4) is 0 Å². The standard InChI is InChI=1S/C19H31ClN4O.HI/c1-4-21-19(23(3)14-17-7-6-12-24(17)5-2)22-13-18(25)15-8-10-16(20)11-9-15;/h8-11,17-18,25H,4-7,12-14H2,1-3H3,(H,21,22);1H. The monoisotopic (exact) mass is 494 g/mol. The molecule has 1 aliphatic rings. The molecule has 2 unspecified atom stereocenters. The lowest BCUT2D eigenvalue weighted by Crippen LogP contribution is -2.46. The number of aliphatic hydroxyl groups excluding tert-OH is 1. The highest BCUT2D eigenvalue weighted by Crippen LogP contribution is 2.18. The minimum absolute atomic E-state index is 0. The molecule has 0 saturated carbocycles. The first-order valence-corrected chi connectivity index (χ1v) is 9.60. The molecule has 0 radical (unpaired) electrons. The summed E-state index contributed by atoms with van der Waals surface area (Å²) in [7, 11) is 2.07. The van der Waals surface area contributed by atoms with E-state index >= 15 is 0 Å². The molecule has 1 fully saturated rings. The summed E-state index contributed by atoms with van der Waals surface area (Å²) in [6.45, 7) is 8.67. The Bertz CT molecular complexity index is 555. The van der Waals surface area contributed by atoms with E-state index in [9.17, 15) is 5.11 Å². The van der Waals surface area contributed by atoms with E-state index in [1.54, 1.807) is 12.1 Å². The number of likely N-dealkylation sites (N-methyl/N-ethyl adjacent to an activating group) is 2. The highest BCUT2D eigenvalue weighted by molar-refractivity contribution is 14.0. The van der Waals surface area contributed by atoms with Crippen molar-refractivity contribution in [2.24, 2.45) is 4.99 Å². The van der Waals surface area contributed by atoms with Crippen molar-refractivity contribution in [1.29, 1.82) is 0 Å². The van der Waals surface area contributed by atoms with Crippen molar-refractivity contribution in [2.45, 2.75) is 38.8 Å². The van der Waals surface area contributed by atoms with Gasteiger partial charge in [0.2, 0.25) is 0 Å². The van der Waals surface area contributed by atoms with Gasteiger partial charge in [-0.05, 0) is 50.6 Å². The van der Waals surface area contributed by atoms with Gasteiger partial charge in [-0.25, -0.2) is 0 Å². The van der Waals surface area contributed by atoms with Crippen LogP contribution in [0.25, 0.3) is 0 Å². The molecule has 1 aliphatic heterocycles. The normalized spacial score (nSPS) is 19.1. The molecular formula is C19H32ClIN4O. The number of aliphatic hydroxyl groups is 1. The third-order valence-electron chi connectivity index (χ3n) is 4.76. The Kier molecular flexibility index (Phi) is 10.8. The predicted octanol–water partition coefficient (Wildman–Crippen LogP) is 3.37. The predicted molar refractivity (Wildman–Crippen MR) is 121 cm³/mol. The van der Waals surface area contributed by atoms with Crippen LogP contribution in [-0.2, 0) is 0 Å². The van der Waals surface area contributed by atoms with Gasteiger partial charge in [-0.3, -0.25) is 9.89 Å². The van der Waals surface area contributed by atoms with E-state index < -0.39 is 6.10 Å². The largest absolute Gasteiger partial charge is 0.386 e. The molecule has 26 heavy (non-hydrogen) atoms. The van der Waals surface area contributed by atoms with E-state index in [4.69, 9.17) is 11.6 Å². The first kappa shape index (κ1) is 23.5. The van der Waals surface area contributed by atoms with Gasteiger partial charge < -0.3 is 15.3 Å². The van der Waals surface area contributed by atoms with Gasteiger partial charge in [0.15, 0.2) is 5.96 Å². The van der Waals surface area contributed by atoms with Crippen LogP contribution in [0, 0.1) is 0 Å². The van der Waals surface area contributed by atoms with E-state index in [0.29, 0.717) is 17.6 Å². The Morgan fingerprint density at radius 3 is 2.69 bits per heavy atom. The maximum Gasteiger partial charge on any atom is 0.193 e. The molecule has 0 aliphatic carbocycles. The molecule has 2 rings (SSSR count). The zero-order valence-electron chi connectivity index (χ0n) is 16.0. The molecule has 1 aromatic rings. The number of nitrogens with one attached hydrogen (secondary N) is 1. The van der Waals surface area contributed by atoms with Crippen LogP contribution in [0.2, 0.25) is 5.02 Å². The lowest BCUT2D eigenvalue weighted by atomic mass is 10.1. The quantitative estimate of drug-likeness (QED) is 0.347. The molecule has 2 atom stereocenters. The van der Waals surface area contributed by atoms with Crippen LogP contribution in [0.15, 0.2) is 29.3 Å². The van der Waals surface area contributed by atoms with Crippen LogP contribution in [0.5, 0.6) is 0 Å². The number of hydrogen-bond acceptors (Lipinski definition) is 3. The summed E-state index contributed by atoms with van der Waals surface area (Å²) < 4.78 is 0. The van der Waals surface area contributed by atoms with Crippen molar-refractivity contribution in [3.63, 3.8) is 0 Å². The molecule has 0 aromatic heterocycles. The average Bonchev–Trinajstić information content (AvgIpc) is 3.05. The number of rotatable bonds is 7. The van der Waals surface area contributed by atoms with Gasteiger partial charge >= 0.3 is 0 Å². The van der Waals surface area contributed by atoms with Crippen molar-refractivity contribution in [3.8, 4) is 0 Å². The Hall–Kier alpha value is -0.570. The molecule has 5 nitrogen and oxygen atoms in total. The number of guanidine groups is 1. The van der Waals surface area contributed by atoms with Gasteiger partial charge in [0.05, 0.1) is 12.6 Å². The fourth-order valence-electron chi connectivity index (χ4n) is 3.35. The molecule has 0 bridgehead atoms. The Morgan fingerprint density at radius 2 is 2.08 bits per heavy atom. The maximum atomic E-state index is 10.4. The van der Waals surface area contributed by atoms with Crippen molar-refractivity contribution >= 4 is 41.5 Å². The second kappa shape index (κ2) is 12.0. The molecule has 0 amide bonds. The zero-order chi connectivity index (χ0) is 18.2. The maximum absolute atomic E-state index is 10.4. The third-order valence-corrected chi connectivity index (χ3v) is 5.01. The third kappa shape index (κ3) is 6.87. The number of likely N-dealkylation sites (tertiary alicyclic amines) is 1. The van der Waals surface area contributed by atoms with Crippen molar-refractivity contribution in [2.75, 3.05) is 39.8 Å². The zero-order valence-corrected chi connectivity index (χ0v) is 19.1. The lowest BCUT2D eigenvalue weighted by molar-refractivity contribution is 0.186. The van der Waals surface area contributed by atoms with Crippen molar-refractivity contribution in [3.05, 3.63) is 34.9 Å². The summed E-state index contributed by atoms with van der Waals surface area (Å²) in [5.74, 6) is 0.846. The summed E-state index contributed by atoms with van der Waals surface area (Å²) >= 11 is 5.90. The summed E-state index contributed by atoms with van der Waals surface area (Å²) in [4.78, 5) is 9.34. The second-order valence-electron chi connectivity index (χ2n) is 6.57. The molecule has 2 N–H and O–H groups in total. The van der Waals surface area contributed by atoms with Crippen LogP contribution in [-0.4, -0.2) is 66.7 Å². The summed E-state index contributed by atoms with van der Waals surface area (Å²) in [5.41, 5.74) is 0.833. The minimum Gasteiger partial charge on any atom is -0.386 e. The van der Waals surface area contributed by atoms with Gasteiger partial charge in [0.25, 0.3) is 0 Å². The van der Waals surface area contributed by atoms with Crippen LogP contribution in [0.4, 0.5) is 0 Å². The first-order valence-electron chi connectivity index (χ1n) is 9.22. The van der Waals surface area contributed by atoms with E-state index in [1.165, 1.54) is 19.4 Å². The molecule has 148 valence electrons. The number of hydrogen-bond donors (Lipinski definition) is 2. The van der Waals surface area contributed by atoms with Crippen molar-refractivity contribution < 1.29 is 5.11 Å². The van der Waals surface area contributed by atoms with E-state index in [-0.39, 0.29) is 24.0 Å². The Morgan fingerprint density at radius 1 is 1.38 bits per heavy atom. The highest BCUT2D eigenvalue weighted by atomic mass is 127. The van der Waals surface area contributed by atoms with Gasteiger partial charge in [0.1, 0.15) is 0 Å². The molecular weight excluding hydrogens is 463 g/mol. The topological polar surface area (TPSA) is 51.1 Å². The van der Waals surface area contributed by atoms with Crippen LogP contribution in [0.1, 0.15) is 38.4 Å². The van der Waals surface area contributed by atoms with Gasteiger partial charge in [-0.2, -0.15) is 0 Å². The molecule has 1 aromatic carbocycles. The highest BCUT2D eigenvalue weighted by Gasteiger charge is 2.25. The van der Waals surface area contributed by atoms with Crippen LogP contribution >= 0.6 is 35.6 Å². The first-order chi connectivity index (χ1) is 12.0. The van der Waals surface area contributed by atoms with Crippen molar-refractivity contribution in [1.82, 2.24) is 15.1 Å². The number of aliphatic imine (C=N–C) groups is 1. The van der Waals surface area contributed by atoms with Gasteiger partial charge in [0, 0.05) is 31.2 Å². The molecule has 0 spiro atoms. The second-order valence-corrected chi connectivity index (χ2v) is 7.00. The number of nitrogens with zero attached hydrogens (tertiary/aromatic N) is 3.